The number of para-hydroxylation sites is 1. The highest BCUT2D eigenvalue weighted by Crippen LogP contribution is 2.37. The normalized spacial score (nSPS) is 24.0. The van der Waals surface area contributed by atoms with Crippen molar-refractivity contribution in [3.8, 4) is 23.0 Å². The molecule has 0 amide bonds. The molecule has 4 aromatic carbocycles. The number of aromatic nitrogens is 12. The van der Waals surface area contributed by atoms with Crippen molar-refractivity contribution < 1.29 is 144 Å². The van der Waals surface area contributed by atoms with Gasteiger partial charge in [-0.25, -0.2) is 19.2 Å². The first-order valence-corrected chi connectivity index (χ1v) is 36.0. The highest BCUT2D eigenvalue weighted by Gasteiger charge is 2.48. The summed E-state index contributed by atoms with van der Waals surface area (Å²) in [6.45, 7) is -3.66. The number of fused-ring (bicyclic) bond motifs is 4. The Kier molecular flexibility index (Phi) is 25.6. The van der Waals surface area contributed by atoms with Gasteiger partial charge in [0.05, 0.1) is 83.0 Å². The number of hydrogen-bond donors (Lipinski definition) is 12. The van der Waals surface area contributed by atoms with Gasteiger partial charge in [-0.2, -0.15) is 0 Å². The molecule has 4 saturated heterocycles. The zero-order valence-electron chi connectivity index (χ0n) is 62.6. The maximum absolute atomic E-state index is 12.9. The highest BCUT2D eigenvalue weighted by molar-refractivity contribution is 5.87. The quantitative estimate of drug-likeness (QED) is 0.0340. The summed E-state index contributed by atoms with van der Waals surface area (Å²) < 4.78 is 142. The van der Waals surface area contributed by atoms with Crippen molar-refractivity contribution in [2.75, 3.05) is 40.6 Å². The monoisotopic (exact) mass is 1730 g/mol. The third-order valence-corrected chi connectivity index (χ3v) is 19.8. The molecule has 16 atom stereocenters. The minimum absolute atomic E-state index is 0.0606. The molecular formula is C72H70F6N12O32. The molecule has 0 radical (unpaired) electrons. The van der Waals surface area contributed by atoms with Crippen molar-refractivity contribution in [2.24, 2.45) is 0 Å². The van der Waals surface area contributed by atoms with Gasteiger partial charge in [0.15, 0.2) is 47.4 Å². The van der Waals surface area contributed by atoms with E-state index in [1.807, 2.05) is 0 Å². The minimum atomic E-state index is -5.00. The number of alkyl halides is 6. The van der Waals surface area contributed by atoms with E-state index in [1.165, 1.54) is 44.8 Å². The van der Waals surface area contributed by atoms with E-state index in [-0.39, 0.29) is 46.4 Å². The lowest BCUT2D eigenvalue weighted by atomic mass is 10.1. The SMILES string of the molecule is COc1ccc2onc(Cn3c(=O)ccn([C@@H]4O[C@H](CO)[C@H](O)C4O)c3=O)c2c1.COc1cccc2c(Cn3c(=O)ccn([C@@H]4O[C@H](CO)[C@H](O)C4O)c3=O)noc12.O=c1ccn([C@@H]2O[C@H](CO)[C@H](O)C2O)c(=O)n1Cc1noc2cc(OC(F)(F)F)ccc12.O=c1ccn([C@@H]2O[C@H](CO)[C@H](O)C2O)c(=O)n1Cc1noc2cccc(OC(F)(F)F)c12. The van der Waals surface area contributed by atoms with Gasteiger partial charge in [0.1, 0.15) is 113 Å². The van der Waals surface area contributed by atoms with Crippen molar-refractivity contribution in [1.82, 2.24) is 57.2 Å². The second-order valence-electron chi connectivity index (χ2n) is 27.2. The number of nitrogens with zero attached hydrogens (tertiary/aromatic N) is 12. The van der Waals surface area contributed by atoms with Crippen molar-refractivity contribution in [1.29, 1.82) is 0 Å². The van der Waals surface area contributed by atoms with Crippen molar-refractivity contribution >= 4 is 43.9 Å². The second kappa shape index (κ2) is 35.7. The van der Waals surface area contributed by atoms with Crippen LogP contribution in [0.15, 0.2) is 178 Å². The summed E-state index contributed by atoms with van der Waals surface area (Å²) in [7, 11) is 2.99. The van der Waals surface area contributed by atoms with Crippen molar-refractivity contribution in [3.05, 3.63) is 228 Å². The van der Waals surface area contributed by atoms with E-state index in [4.69, 9.17) is 46.5 Å². The molecule has 0 aliphatic carbocycles. The van der Waals surface area contributed by atoms with E-state index in [0.29, 0.717) is 49.4 Å². The summed E-state index contributed by atoms with van der Waals surface area (Å²) in [6, 6.07) is 21.3. The molecule has 12 heterocycles. The van der Waals surface area contributed by atoms with Crippen LogP contribution >= 0.6 is 0 Å². The lowest BCUT2D eigenvalue weighted by Crippen LogP contribution is -2.43. The summed E-state index contributed by atoms with van der Waals surface area (Å²) in [5, 5.41) is 134. The van der Waals surface area contributed by atoms with E-state index in [2.05, 4.69) is 30.1 Å². The first-order valence-electron chi connectivity index (χ1n) is 36.0. The topological polar surface area (TPSA) is 597 Å². The van der Waals surface area contributed by atoms with Crippen LogP contribution in [0.4, 0.5) is 26.3 Å². The van der Waals surface area contributed by atoms with E-state index in [1.54, 1.807) is 36.4 Å². The number of methoxy groups -OCH3 is 2. The number of aliphatic hydroxyl groups is 12. The molecule has 4 unspecified atom stereocenters. The molecule has 652 valence electrons. The predicted molar refractivity (Wildman–Crippen MR) is 391 cm³/mol. The summed E-state index contributed by atoms with van der Waals surface area (Å²) >= 11 is 0. The standard InChI is InChI=1S/2C18H16F3N3O8.2C18H19N3O8/c19-18(20,21)31-8-1-2-9-10(22-32-11(9)5-8)6-24-13(26)3-4-23(17(24)29)16-15(28)14(27)12(7-25)30-16;19-18(20,21)31-9-2-1-3-10-13(9)8(22-32-10)6-24-12(26)4-5-23(17(24)29)16-15(28)14(27)11(7-25)30-16;1-27-9-2-3-12-10(6-9)11(19-29-12)7-21-14(23)4-5-20(18(21)26)17-16(25)15(24)13(8-22)28-17;1-27-11-4-2-3-9-10(19-29-16(9)11)7-21-13(23)5-6-20(18(21)26)17-15(25)14(24)12(8-22)28-17/h1-5,12,14-16,25,27-28H,6-7H2;1-5,11,14-16,25,27-28H,6-7H2;2-6,13,15-17,22,24-25H,7-8H2,1H3;2-6,12,14-15,17,22,24-25H,7-8H2,1H3/t12-,14+,15?,16-;11-,14+,15?,16-;13-,15+,16?,17-;12-,14+,15?,17-/m1111/s1. The molecule has 16 rings (SSSR count). The Morgan fingerprint density at radius 1 is 0.361 bits per heavy atom. The molecule has 4 aliphatic rings. The molecule has 122 heavy (non-hydrogen) atoms. The summed E-state index contributed by atoms with van der Waals surface area (Å²) in [4.78, 5) is 101. The van der Waals surface area contributed by atoms with E-state index in [9.17, 15) is 126 Å². The lowest BCUT2D eigenvalue weighted by molar-refractivity contribution is -0.275. The highest BCUT2D eigenvalue weighted by atomic mass is 19.4. The second-order valence-corrected chi connectivity index (χ2v) is 27.2. The number of hydrogen-bond acceptors (Lipinski definition) is 36. The van der Waals surface area contributed by atoms with Crippen LogP contribution < -0.4 is 63.9 Å². The Balaban J connectivity index is 0.000000140. The third-order valence-electron chi connectivity index (χ3n) is 19.8. The van der Waals surface area contributed by atoms with Gasteiger partial charge in [0, 0.05) is 60.5 Å². The summed E-state index contributed by atoms with van der Waals surface area (Å²) in [6.07, 6.45) is -26.8. The summed E-state index contributed by atoms with van der Waals surface area (Å²) in [5.74, 6) is -0.132. The molecule has 12 N–H and O–H groups in total. The fourth-order valence-corrected chi connectivity index (χ4v) is 13.6. The average molecular weight is 1730 g/mol. The van der Waals surface area contributed by atoms with Crippen molar-refractivity contribution in [3.63, 3.8) is 0 Å². The molecule has 12 aromatic rings. The molecule has 0 bridgehead atoms. The molecule has 0 spiro atoms. The predicted octanol–water partition coefficient (Wildman–Crippen LogP) is -2.94. The summed E-state index contributed by atoms with van der Waals surface area (Å²) in [5.41, 5.74) is -4.86. The smallest absolute Gasteiger partial charge is 0.497 e. The Morgan fingerprint density at radius 3 is 1.12 bits per heavy atom. The van der Waals surface area contributed by atoms with E-state index < -0.39 is 207 Å². The minimum Gasteiger partial charge on any atom is -0.497 e. The van der Waals surface area contributed by atoms with E-state index >= 15 is 0 Å². The van der Waals surface area contributed by atoms with E-state index in [0.717, 1.165) is 86.8 Å². The first-order chi connectivity index (χ1) is 58.1. The van der Waals surface area contributed by atoms with Gasteiger partial charge in [-0.05, 0) is 54.6 Å². The Morgan fingerprint density at radius 2 is 0.721 bits per heavy atom. The zero-order valence-corrected chi connectivity index (χ0v) is 62.6. The van der Waals surface area contributed by atoms with Crippen LogP contribution in [0.5, 0.6) is 23.0 Å². The number of benzene rings is 4. The maximum Gasteiger partial charge on any atom is 0.573 e. The van der Waals surface area contributed by atoms with Crippen LogP contribution in [0.2, 0.25) is 0 Å². The largest absolute Gasteiger partial charge is 0.573 e. The molecule has 0 saturated carbocycles. The number of ether oxygens (including phenoxy) is 8. The fourth-order valence-electron chi connectivity index (χ4n) is 13.6. The van der Waals surface area contributed by atoms with Gasteiger partial charge >= 0.3 is 35.5 Å². The Bertz CT molecular complexity index is 6200. The molecule has 4 aliphatic heterocycles. The maximum atomic E-state index is 12.9. The Hall–Kier alpha value is -12.4. The third kappa shape index (κ3) is 17.6. The van der Waals surface area contributed by atoms with Crippen LogP contribution in [0.1, 0.15) is 47.7 Å². The van der Waals surface area contributed by atoms with Crippen LogP contribution in [0.25, 0.3) is 43.9 Å². The van der Waals surface area contributed by atoms with Gasteiger partial charge in [-0.15, -0.1) is 26.3 Å². The Labute approximate surface area is 671 Å². The van der Waals surface area contributed by atoms with Crippen molar-refractivity contribution in [2.45, 2.75) is 137 Å². The molecular weight excluding hydrogens is 1660 g/mol. The van der Waals surface area contributed by atoms with Crippen LogP contribution in [-0.4, -0.2) is 245 Å². The van der Waals surface area contributed by atoms with Gasteiger partial charge in [0.2, 0.25) is 5.58 Å². The van der Waals surface area contributed by atoms with Gasteiger partial charge in [-0.3, -0.25) is 55.7 Å². The molecule has 44 nitrogen and oxygen atoms in total. The average Bonchev–Trinajstić information content (AvgIpc) is 1.58. The zero-order chi connectivity index (χ0) is 87.8. The lowest BCUT2D eigenvalue weighted by Gasteiger charge is -2.18. The first kappa shape index (κ1) is 87.4. The molecule has 8 aromatic heterocycles. The number of rotatable bonds is 20. The molecule has 4 fully saturated rings. The van der Waals surface area contributed by atoms with Gasteiger partial charge < -0.3 is 117 Å². The van der Waals surface area contributed by atoms with Crippen LogP contribution in [0.3, 0.4) is 0 Å². The number of aliphatic hydroxyl groups excluding tert-OH is 12. The molecule has 50 heteroatoms. The van der Waals surface area contributed by atoms with Gasteiger partial charge in [-0.1, -0.05) is 32.8 Å². The van der Waals surface area contributed by atoms with Crippen LogP contribution in [0, 0.1) is 0 Å². The van der Waals surface area contributed by atoms with Gasteiger partial charge in [0.25, 0.3) is 22.2 Å². The van der Waals surface area contributed by atoms with Crippen LogP contribution in [-0.2, 0) is 45.1 Å². The fraction of sp³-hybridized carbons (Fsp3) is 0.389. The number of halogens is 6.